The van der Waals surface area contributed by atoms with Crippen LogP contribution in [0.5, 0.6) is 0 Å². The first-order valence-corrected chi connectivity index (χ1v) is 6.37. The third-order valence-electron chi connectivity index (χ3n) is 3.48. The smallest absolute Gasteiger partial charge is 0.205 e. The number of nitrogens with two attached hydrogens (primary N) is 1. The molecule has 0 spiro atoms. The largest absolute Gasteiger partial charge is 0.494 e. The average molecular weight is 266 g/mol. The fraction of sp³-hybridized carbons (Fsp3) is 0.188. The third kappa shape index (κ3) is 1.94. The summed E-state index contributed by atoms with van der Waals surface area (Å²) in [7, 11) is 0. The summed E-state index contributed by atoms with van der Waals surface area (Å²) >= 11 is 0. The van der Waals surface area contributed by atoms with Crippen LogP contribution in [0.4, 0.5) is 0 Å². The molecule has 4 heteroatoms. The molecule has 1 atom stereocenters. The summed E-state index contributed by atoms with van der Waals surface area (Å²) in [5, 5.41) is 9.39. The second-order valence-corrected chi connectivity index (χ2v) is 4.77. The quantitative estimate of drug-likeness (QED) is 0.848. The molecule has 0 amide bonds. The predicted molar refractivity (Wildman–Crippen MR) is 73.8 cm³/mol. The van der Waals surface area contributed by atoms with Gasteiger partial charge >= 0.3 is 0 Å². The van der Waals surface area contributed by atoms with E-state index in [1.165, 1.54) is 0 Å². The molecule has 4 nitrogen and oxygen atoms in total. The Balaban J connectivity index is 2.15. The van der Waals surface area contributed by atoms with Gasteiger partial charge in [-0.05, 0) is 12.5 Å². The Kier molecular flexibility index (Phi) is 2.96. The minimum atomic E-state index is -0.200. The lowest BCUT2D eigenvalue weighted by Crippen LogP contribution is -2.24. The summed E-state index contributed by atoms with van der Waals surface area (Å²) in [5.41, 5.74) is 8.29. The van der Waals surface area contributed by atoms with Gasteiger partial charge in [-0.25, -0.2) is 0 Å². The molecule has 0 bridgehead atoms. The number of allylic oxidation sites excluding steroid dienone is 3. The van der Waals surface area contributed by atoms with E-state index in [9.17, 15) is 5.26 Å². The molecule has 2 aliphatic heterocycles. The lowest BCUT2D eigenvalue weighted by atomic mass is 9.83. The Morgan fingerprint density at radius 2 is 2.05 bits per heavy atom. The van der Waals surface area contributed by atoms with E-state index >= 15 is 0 Å². The van der Waals surface area contributed by atoms with Crippen LogP contribution >= 0.6 is 0 Å². The zero-order valence-electron chi connectivity index (χ0n) is 11.1. The molecule has 2 N–H and O–H groups in total. The van der Waals surface area contributed by atoms with E-state index in [0.29, 0.717) is 17.9 Å². The number of hydrogen-bond acceptors (Lipinski definition) is 4. The Morgan fingerprint density at radius 1 is 1.30 bits per heavy atom. The maximum atomic E-state index is 9.39. The lowest BCUT2D eigenvalue weighted by Gasteiger charge is -2.30. The molecular weight excluding hydrogens is 252 g/mol. The zero-order valence-corrected chi connectivity index (χ0v) is 11.1. The predicted octanol–water partition coefficient (Wildman–Crippen LogP) is 2.68. The van der Waals surface area contributed by atoms with Crippen LogP contribution < -0.4 is 5.73 Å². The number of nitrogens with zero attached hydrogens (tertiary/aromatic N) is 1. The molecule has 2 aliphatic rings. The van der Waals surface area contributed by atoms with Crippen LogP contribution in [0.2, 0.25) is 0 Å². The van der Waals surface area contributed by atoms with Crippen molar-refractivity contribution in [2.45, 2.75) is 12.8 Å². The van der Waals surface area contributed by atoms with E-state index < -0.39 is 0 Å². The second kappa shape index (κ2) is 4.78. The molecule has 0 saturated heterocycles. The van der Waals surface area contributed by atoms with Crippen LogP contribution in [-0.4, -0.2) is 6.61 Å². The van der Waals surface area contributed by atoms with Crippen molar-refractivity contribution in [1.29, 1.82) is 5.26 Å². The highest BCUT2D eigenvalue weighted by Gasteiger charge is 2.33. The van der Waals surface area contributed by atoms with Crippen LogP contribution in [-0.2, 0) is 9.47 Å². The van der Waals surface area contributed by atoms with E-state index in [1.807, 2.05) is 43.3 Å². The Labute approximate surface area is 117 Å². The first kappa shape index (κ1) is 12.4. The normalized spacial score (nSPS) is 21.4. The number of rotatable bonds is 1. The molecule has 20 heavy (non-hydrogen) atoms. The van der Waals surface area contributed by atoms with Gasteiger partial charge in [-0.2, -0.15) is 5.26 Å². The van der Waals surface area contributed by atoms with Gasteiger partial charge < -0.3 is 15.2 Å². The Morgan fingerprint density at radius 3 is 2.75 bits per heavy atom. The molecule has 1 aromatic rings. The van der Waals surface area contributed by atoms with E-state index in [4.69, 9.17) is 15.2 Å². The summed E-state index contributed by atoms with van der Waals surface area (Å²) in [6, 6.07) is 12.0. The minimum absolute atomic E-state index is 0.172. The van der Waals surface area contributed by atoms with Crippen molar-refractivity contribution in [1.82, 2.24) is 0 Å². The number of hydrogen-bond donors (Lipinski definition) is 1. The van der Waals surface area contributed by atoms with Gasteiger partial charge in [-0.1, -0.05) is 30.3 Å². The van der Waals surface area contributed by atoms with Crippen molar-refractivity contribution in [3.05, 3.63) is 70.5 Å². The SMILES string of the molecule is CC1=CC2=C(CO1)C(c1ccccc1)C(C#N)=C(N)O2. The van der Waals surface area contributed by atoms with Crippen molar-refractivity contribution in [2.24, 2.45) is 5.73 Å². The molecule has 2 heterocycles. The van der Waals surface area contributed by atoms with Crippen LogP contribution in [0.25, 0.3) is 0 Å². The van der Waals surface area contributed by atoms with Gasteiger partial charge in [0, 0.05) is 11.6 Å². The molecule has 1 unspecified atom stereocenters. The summed E-state index contributed by atoms with van der Waals surface area (Å²) < 4.78 is 11.2. The second-order valence-electron chi connectivity index (χ2n) is 4.77. The maximum Gasteiger partial charge on any atom is 0.205 e. The fourth-order valence-corrected chi connectivity index (χ4v) is 2.53. The molecule has 0 aliphatic carbocycles. The molecule has 0 radical (unpaired) electrons. The van der Waals surface area contributed by atoms with E-state index in [-0.39, 0.29) is 11.8 Å². The van der Waals surface area contributed by atoms with Gasteiger partial charge in [0.05, 0.1) is 11.7 Å². The first-order chi connectivity index (χ1) is 9.70. The highest BCUT2D eigenvalue weighted by Crippen LogP contribution is 2.41. The number of ether oxygens (including phenoxy) is 2. The maximum absolute atomic E-state index is 9.39. The summed E-state index contributed by atoms with van der Waals surface area (Å²) in [6.45, 7) is 2.28. The van der Waals surface area contributed by atoms with Crippen LogP contribution in [0.15, 0.2) is 65.0 Å². The van der Waals surface area contributed by atoms with Crippen LogP contribution in [0.3, 0.4) is 0 Å². The topological polar surface area (TPSA) is 68.3 Å². The van der Waals surface area contributed by atoms with Gasteiger partial charge in [-0.3, -0.25) is 0 Å². The highest BCUT2D eigenvalue weighted by atomic mass is 16.5. The van der Waals surface area contributed by atoms with E-state index in [0.717, 1.165) is 16.9 Å². The average Bonchev–Trinajstić information content (AvgIpc) is 2.46. The van der Waals surface area contributed by atoms with E-state index in [1.54, 1.807) is 0 Å². The van der Waals surface area contributed by atoms with Gasteiger partial charge in [0.15, 0.2) is 0 Å². The first-order valence-electron chi connectivity index (χ1n) is 6.37. The van der Waals surface area contributed by atoms with E-state index in [2.05, 4.69) is 6.07 Å². The minimum Gasteiger partial charge on any atom is -0.494 e. The van der Waals surface area contributed by atoms with Crippen LogP contribution in [0, 0.1) is 11.3 Å². The lowest BCUT2D eigenvalue weighted by molar-refractivity contribution is 0.200. The summed E-state index contributed by atoms with van der Waals surface area (Å²) in [6.07, 6.45) is 1.82. The molecular formula is C16H14N2O2. The molecule has 0 fully saturated rings. The van der Waals surface area contributed by atoms with Gasteiger partial charge in [-0.15, -0.1) is 0 Å². The van der Waals surface area contributed by atoms with Gasteiger partial charge in [0.1, 0.15) is 24.0 Å². The molecule has 3 rings (SSSR count). The van der Waals surface area contributed by atoms with Gasteiger partial charge in [0.25, 0.3) is 0 Å². The molecule has 0 aromatic heterocycles. The van der Waals surface area contributed by atoms with Crippen molar-refractivity contribution in [2.75, 3.05) is 6.61 Å². The van der Waals surface area contributed by atoms with Gasteiger partial charge in [0.2, 0.25) is 5.88 Å². The van der Waals surface area contributed by atoms with Crippen molar-refractivity contribution < 1.29 is 9.47 Å². The fourth-order valence-electron chi connectivity index (χ4n) is 2.53. The van der Waals surface area contributed by atoms with Crippen molar-refractivity contribution in [3.63, 3.8) is 0 Å². The van der Waals surface area contributed by atoms with Crippen LogP contribution in [0.1, 0.15) is 18.4 Å². The molecule has 1 aromatic carbocycles. The molecule has 100 valence electrons. The summed E-state index contributed by atoms with van der Waals surface area (Å²) in [5.74, 6) is 1.45. The zero-order chi connectivity index (χ0) is 14.1. The highest BCUT2D eigenvalue weighted by molar-refractivity contribution is 5.51. The monoisotopic (exact) mass is 266 g/mol. The van der Waals surface area contributed by atoms with Crippen molar-refractivity contribution in [3.8, 4) is 6.07 Å². The van der Waals surface area contributed by atoms with Crippen molar-refractivity contribution >= 4 is 0 Å². The number of benzene rings is 1. The standard InChI is InChI=1S/C16H14N2O2/c1-10-7-14-13(9-19-10)15(11-5-3-2-4-6-11)12(8-17)16(18)20-14/h2-7,15H,9,18H2,1H3. The Bertz CT molecular complexity index is 678. The molecule has 0 saturated carbocycles. The number of nitriles is 1. The Hall–Kier alpha value is -2.67. The summed E-state index contributed by atoms with van der Waals surface area (Å²) in [4.78, 5) is 0. The third-order valence-corrected chi connectivity index (χ3v) is 3.48.